The van der Waals surface area contributed by atoms with Crippen LogP contribution in [-0.4, -0.2) is 73.6 Å². The van der Waals surface area contributed by atoms with Gasteiger partial charge in [-0.15, -0.1) is 0 Å². The molecule has 3 aromatic rings. The number of carbonyl (C=O) groups is 1. The standard InChI is InChI=1S/C25H33N7O2.H2S/c1-17(20-8-6-18(25(33)26-2)12-22(20)34-5)14-28-24-13-21(30-16-31-24)19-7-9-23(29-15-19)27-10-11-32(3)4;/h6-9,12-13,15-17H,10-11,14H2,1-5H3,(H,26,33)(H,27,29)(H,28,30,31);1H2/t17-;/m1./s1. The van der Waals surface area contributed by atoms with Crippen molar-refractivity contribution in [3.8, 4) is 17.0 Å². The minimum absolute atomic E-state index is 0. The van der Waals surface area contributed by atoms with Gasteiger partial charge in [0.2, 0.25) is 0 Å². The lowest BCUT2D eigenvalue weighted by atomic mass is 9.98. The van der Waals surface area contributed by atoms with E-state index in [0.29, 0.717) is 17.9 Å². The molecule has 0 aliphatic rings. The summed E-state index contributed by atoms with van der Waals surface area (Å²) in [7, 11) is 7.30. The molecule has 1 aromatic carbocycles. The molecule has 2 heterocycles. The van der Waals surface area contributed by atoms with Crippen LogP contribution < -0.4 is 20.7 Å². The number of rotatable bonds is 11. The molecule has 9 nitrogen and oxygen atoms in total. The van der Waals surface area contributed by atoms with Gasteiger partial charge >= 0.3 is 0 Å². The minimum Gasteiger partial charge on any atom is -0.496 e. The molecule has 35 heavy (non-hydrogen) atoms. The van der Waals surface area contributed by atoms with Crippen molar-refractivity contribution in [1.82, 2.24) is 25.2 Å². The summed E-state index contributed by atoms with van der Waals surface area (Å²) in [6, 6.07) is 11.4. The van der Waals surface area contributed by atoms with E-state index in [-0.39, 0.29) is 25.3 Å². The van der Waals surface area contributed by atoms with Crippen molar-refractivity contribution in [3.05, 3.63) is 60.0 Å². The number of carbonyl (C=O) groups excluding carboxylic acids is 1. The highest BCUT2D eigenvalue weighted by atomic mass is 32.1. The second-order valence-electron chi connectivity index (χ2n) is 8.27. The van der Waals surface area contributed by atoms with Crippen molar-refractivity contribution in [1.29, 1.82) is 0 Å². The monoisotopic (exact) mass is 497 g/mol. The topological polar surface area (TPSA) is 104 Å². The fourth-order valence-corrected chi connectivity index (χ4v) is 3.44. The van der Waals surface area contributed by atoms with Crippen LogP contribution in [0.15, 0.2) is 48.9 Å². The highest BCUT2D eigenvalue weighted by Crippen LogP contribution is 2.28. The van der Waals surface area contributed by atoms with Gasteiger partial charge in [-0.2, -0.15) is 13.5 Å². The Morgan fingerprint density at radius 2 is 1.86 bits per heavy atom. The molecule has 0 fully saturated rings. The van der Waals surface area contributed by atoms with Crippen molar-refractivity contribution in [3.63, 3.8) is 0 Å². The number of hydrogen-bond donors (Lipinski definition) is 3. The van der Waals surface area contributed by atoms with Gasteiger partial charge in [0.15, 0.2) is 0 Å². The lowest BCUT2D eigenvalue weighted by molar-refractivity contribution is 0.0962. The van der Waals surface area contributed by atoms with Crippen LogP contribution >= 0.6 is 13.5 Å². The third-order valence-corrected chi connectivity index (χ3v) is 5.43. The van der Waals surface area contributed by atoms with Gasteiger partial charge in [-0.1, -0.05) is 13.0 Å². The van der Waals surface area contributed by atoms with Crippen molar-refractivity contribution in [2.45, 2.75) is 12.8 Å². The molecular formula is C25H35N7O2S. The lowest BCUT2D eigenvalue weighted by Crippen LogP contribution is -2.21. The summed E-state index contributed by atoms with van der Waals surface area (Å²) in [4.78, 5) is 27.3. The Hall–Kier alpha value is -3.37. The Bertz CT molecular complexity index is 1090. The van der Waals surface area contributed by atoms with E-state index in [9.17, 15) is 4.79 Å². The van der Waals surface area contributed by atoms with Gasteiger partial charge in [0, 0.05) is 56.0 Å². The summed E-state index contributed by atoms with van der Waals surface area (Å²) < 4.78 is 5.53. The normalized spacial score (nSPS) is 11.4. The van der Waals surface area contributed by atoms with E-state index in [0.717, 1.165) is 41.5 Å². The van der Waals surface area contributed by atoms with Crippen LogP contribution in [-0.2, 0) is 0 Å². The molecule has 0 spiro atoms. The van der Waals surface area contributed by atoms with E-state index in [1.54, 1.807) is 26.6 Å². The average Bonchev–Trinajstić information content (AvgIpc) is 2.86. The Morgan fingerprint density at radius 3 is 2.51 bits per heavy atom. The van der Waals surface area contributed by atoms with E-state index in [1.165, 1.54) is 0 Å². The number of benzene rings is 1. The SMILES string of the molecule is CNC(=O)c1ccc([C@H](C)CNc2cc(-c3ccc(NCCN(C)C)nc3)ncn2)c(OC)c1.S. The van der Waals surface area contributed by atoms with Gasteiger partial charge < -0.3 is 25.6 Å². The molecule has 0 saturated carbocycles. The maximum Gasteiger partial charge on any atom is 0.251 e. The quantitative estimate of drug-likeness (QED) is 0.371. The van der Waals surface area contributed by atoms with Crippen LogP contribution in [0.1, 0.15) is 28.8 Å². The number of methoxy groups -OCH3 is 1. The zero-order valence-corrected chi connectivity index (χ0v) is 21.9. The first-order valence-corrected chi connectivity index (χ1v) is 11.2. The van der Waals surface area contributed by atoms with E-state index in [1.807, 2.05) is 50.6 Å². The van der Waals surface area contributed by atoms with Crippen molar-refractivity contribution < 1.29 is 9.53 Å². The second kappa shape index (κ2) is 13.5. The van der Waals surface area contributed by atoms with Crippen LogP contribution in [0.5, 0.6) is 5.75 Å². The average molecular weight is 498 g/mol. The molecule has 0 aliphatic heterocycles. The van der Waals surface area contributed by atoms with Crippen molar-refractivity contribution in [2.75, 3.05) is 58.5 Å². The third-order valence-electron chi connectivity index (χ3n) is 5.43. The third kappa shape index (κ3) is 7.83. The summed E-state index contributed by atoms with van der Waals surface area (Å²) in [6.07, 6.45) is 3.36. The fraction of sp³-hybridized carbons (Fsp3) is 0.360. The molecule has 10 heteroatoms. The Kier molecular flexibility index (Phi) is 10.8. The van der Waals surface area contributed by atoms with Gasteiger partial charge in [0.25, 0.3) is 5.91 Å². The maximum atomic E-state index is 11.9. The van der Waals surface area contributed by atoms with Crippen LogP contribution in [0.3, 0.4) is 0 Å². The molecular weight excluding hydrogens is 462 g/mol. The smallest absolute Gasteiger partial charge is 0.251 e. The Balaban J connectivity index is 0.00000432. The van der Waals surface area contributed by atoms with Crippen LogP contribution in [0, 0.1) is 0 Å². The lowest BCUT2D eigenvalue weighted by Gasteiger charge is -2.17. The molecule has 0 unspecified atom stereocenters. The fourth-order valence-electron chi connectivity index (χ4n) is 3.44. The first-order chi connectivity index (χ1) is 16.4. The van der Waals surface area contributed by atoms with Gasteiger partial charge in [0.05, 0.1) is 12.8 Å². The molecule has 3 rings (SSSR count). The number of likely N-dealkylation sites (N-methyl/N-ethyl adjacent to an activating group) is 1. The number of hydrogen-bond acceptors (Lipinski definition) is 8. The van der Waals surface area contributed by atoms with E-state index < -0.39 is 0 Å². The number of nitrogens with one attached hydrogen (secondary N) is 3. The van der Waals surface area contributed by atoms with E-state index in [2.05, 4.69) is 42.7 Å². The van der Waals surface area contributed by atoms with Gasteiger partial charge in [-0.25, -0.2) is 15.0 Å². The molecule has 0 saturated heterocycles. The predicted octanol–water partition coefficient (Wildman–Crippen LogP) is 3.21. The number of pyridine rings is 1. The van der Waals surface area contributed by atoms with Crippen molar-refractivity contribution >= 4 is 31.0 Å². The van der Waals surface area contributed by atoms with Crippen LogP contribution in [0.2, 0.25) is 0 Å². The number of amides is 1. The number of anilines is 2. The van der Waals surface area contributed by atoms with Crippen LogP contribution in [0.4, 0.5) is 11.6 Å². The summed E-state index contributed by atoms with van der Waals surface area (Å²) >= 11 is 0. The number of nitrogens with zero attached hydrogens (tertiary/aromatic N) is 4. The highest BCUT2D eigenvalue weighted by molar-refractivity contribution is 7.59. The molecule has 0 bridgehead atoms. The predicted molar refractivity (Wildman–Crippen MR) is 146 cm³/mol. The maximum absolute atomic E-state index is 11.9. The molecule has 1 atom stereocenters. The molecule has 3 N–H and O–H groups in total. The summed E-state index contributed by atoms with van der Waals surface area (Å²) in [5.41, 5.74) is 3.29. The minimum atomic E-state index is -0.143. The van der Waals surface area contributed by atoms with Gasteiger partial charge in [0.1, 0.15) is 23.7 Å². The molecule has 0 radical (unpaired) electrons. The van der Waals surface area contributed by atoms with Crippen molar-refractivity contribution in [2.24, 2.45) is 0 Å². The van der Waals surface area contributed by atoms with E-state index >= 15 is 0 Å². The molecule has 2 aromatic heterocycles. The summed E-state index contributed by atoms with van der Waals surface area (Å²) in [5, 5.41) is 9.32. The summed E-state index contributed by atoms with van der Waals surface area (Å²) in [5.74, 6) is 2.23. The zero-order chi connectivity index (χ0) is 24.5. The first kappa shape index (κ1) is 27.9. The Labute approximate surface area is 214 Å². The highest BCUT2D eigenvalue weighted by Gasteiger charge is 2.15. The van der Waals surface area contributed by atoms with Gasteiger partial charge in [-0.3, -0.25) is 4.79 Å². The van der Waals surface area contributed by atoms with Crippen LogP contribution in [0.25, 0.3) is 11.3 Å². The molecule has 188 valence electrons. The molecule has 1 amide bonds. The Morgan fingerprint density at radius 1 is 1.06 bits per heavy atom. The zero-order valence-electron chi connectivity index (χ0n) is 20.9. The number of aromatic nitrogens is 3. The van der Waals surface area contributed by atoms with E-state index in [4.69, 9.17) is 4.74 Å². The second-order valence-corrected chi connectivity index (χ2v) is 8.27. The van der Waals surface area contributed by atoms with Gasteiger partial charge in [-0.05, 0) is 43.9 Å². The summed E-state index contributed by atoms with van der Waals surface area (Å²) in [6.45, 7) is 4.50. The largest absolute Gasteiger partial charge is 0.496 e. The first-order valence-electron chi connectivity index (χ1n) is 11.2. The molecule has 0 aliphatic carbocycles. The number of ether oxygens (including phenoxy) is 1.